The Balaban J connectivity index is 2.43. The van der Waals surface area contributed by atoms with Gasteiger partial charge in [-0.15, -0.1) is 17.9 Å². The number of nitrogens with zero attached hydrogens (tertiary/aromatic N) is 1. The van der Waals surface area contributed by atoms with Crippen LogP contribution in [-0.4, -0.2) is 35.6 Å². The first-order chi connectivity index (χ1) is 14.6. The van der Waals surface area contributed by atoms with Crippen LogP contribution in [0.5, 0.6) is 0 Å². The zero-order valence-electron chi connectivity index (χ0n) is 20.3. The number of thiophene rings is 1. The van der Waals surface area contributed by atoms with Gasteiger partial charge in [-0.3, -0.25) is 4.79 Å². The highest BCUT2D eigenvalue weighted by molar-refractivity contribution is 7.14. The van der Waals surface area contributed by atoms with E-state index in [0.29, 0.717) is 12.8 Å². The van der Waals surface area contributed by atoms with Gasteiger partial charge in [-0.1, -0.05) is 45.0 Å². The first-order valence-corrected chi connectivity index (χ1v) is 12.2. The van der Waals surface area contributed by atoms with Crippen molar-refractivity contribution in [3.63, 3.8) is 0 Å². The summed E-state index contributed by atoms with van der Waals surface area (Å²) >= 11 is 1.64. The number of rotatable bonds is 10. The second-order valence-corrected chi connectivity index (χ2v) is 9.97. The summed E-state index contributed by atoms with van der Waals surface area (Å²) in [6, 6.07) is 8.99. The van der Waals surface area contributed by atoms with Gasteiger partial charge in [0.25, 0.3) is 5.91 Å². The van der Waals surface area contributed by atoms with Gasteiger partial charge in [-0.2, -0.15) is 0 Å². The minimum atomic E-state index is -0.800. The molecular formula is C27H39NO2S. The quantitative estimate of drug-likeness (QED) is 0.431. The van der Waals surface area contributed by atoms with Crippen LogP contribution in [0.1, 0.15) is 83.3 Å². The number of aliphatic hydroxyl groups is 1. The van der Waals surface area contributed by atoms with Gasteiger partial charge in [-0.05, 0) is 74.3 Å². The number of amides is 1. The highest BCUT2D eigenvalue weighted by Gasteiger charge is 2.34. The number of benzene rings is 1. The third-order valence-corrected chi connectivity index (χ3v) is 8.34. The highest BCUT2D eigenvalue weighted by atomic mass is 32.1. The summed E-state index contributed by atoms with van der Waals surface area (Å²) in [7, 11) is 3.62. The maximum atomic E-state index is 12.6. The number of carbonyl (C=O) groups excluding carboxylic acids is 1. The summed E-state index contributed by atoms with van der Waals surface area (Å²) in [4.78, 5) is 16.4. The van der Waals surface area contributed by atoms with E-state index in [9.17, 15) is 9.90 Å². The molecule has 1 amide bonds. The van der Waals surface area contributed by atoms with E-state index in [1.807, 2.05) is 27.9 Å². The smallest absolute Gasteiger partial charge is 0.263 e. The lowest BCUT2D eigenvalue weighted by atomic mass is 9.73. The molecule has 0 spiro atoms. The van der Waals surface area contributed by atoms with E-state index in [-0.39, 0.29) is 11.3 Å². The van der Waals surface area contributed by atoms with Gasteiger partial charge in [0.2, 0.25) is 0 Å². The first-order valence-electron chi connectivity index (χ1n) is 11.4. The van der Waals surface area contributed by atoms with Gasteiger partial charge in [0.15, 0.2) is 0 Å². The molecule has 1 N–H and O–H groups in total. The van der Waals surface area contributed by atoms with Crippen LogP contribution in [0.2, 0.25) is 0 Å². The predicted octanol–water partition coefficient (Wildman–Crippen LogP) is 6.43. The molecule has 0 saturated heterocycles. The van der Waals surface area contributed by atoms with Crippen molar-refractivity contribution in [3.8, 4) is 0 Å². The molecule has 1 heterocycles. The minimum Gasteiger partial charge on any atom is -0.386 e. The molecule has 4 heteroatoms. The molecule has 0 aliphatic carbocycles. The van der Waals surface area contributed by atoms with Crippen molar-refractivity contribution in [1.29, 1.82) is 0 Å². The average molecular weight is 442 g/mol. The molecule has 0 aliphatic heterocycles. The largest absolute Gasteiger partial charge is 0.386 e. The van der Waals surface area contributed by atoms with E-state index < -0.39 is 5.60 Å². The molecule has 1 aromatic carbocycles. The molecule has 0 radical (unpaired) electrons. The van der Waals surface area contributed by atoms with Crippen molar-refractivity contribution in [2.24, 2.45) is 0 Å². The summed E-state index contributed by atoms with van der Waals surface area (Å²) in [5, 5.41) is 10.6. The summed E-state index contributed by atoms with van der Waals surface area (Å²) in [5.74, 6) is 0.0759. The van der Waals surface area contributed by atoms with Crippen molar-refractivity contribution in [2.75, 3.05) is 14.1 Å². The molecule has 3 nitrogen and oxygen atoms in total. The topological polar surface area (TPSA) is 40.5 Å². The Kier molecular flexibility index (Phi) is 8.29. The second-order valence-electron chi connectivity index (χ2n) is 8.91. The first kappa shape index (κ1) is 25.4. The summed E-state index contributed by atoms with van der Waals surface area (Å²) in [6.07, 6.45) is 5.80. The molecule has 0 fully saturated rings. The summed E-state index contributed by atoms with van der Waals surface area (Å²) in [5.41, 5.74) is 3.98. The van der Waals surface area contributed by atoms with Crippen LogP contribution in [0.15, 0.2) is 36.9 Å². The standard InChI is InChI=1S/C27H39NO2S/c1-9-26(30,10-2)16-15-21-13-14-22(17-19(21)5)27(11-3,12-4)23-18-20(6)24(31-23)25(29)28(7)8/h9,13-14,17-18,30H,1,10-12,15-16H2,2-8H3. The molecule has 1 aromatic heterocycles. The molecule has 170 valence electrons. The van der Waals surface area contributed by atoms with Crippen molar-refractivity contribution in [3.05, 3.63) is 68.9 Å². The lowest BCUT2D eigenvalue weighted by Crippen LogP contribution is -2.26. The van der Waals surface area contributed by atoms with Crippen LogP contribution in [0.3, 0.4) is 0 Å². The van der Waals surface area contributed by atoms with Gasteiger partial charge < -0.3 is 10.0 Å². The number of hydrogen-bond acceptors (Lipinski definition) is 3. The van der Waals surface area contributed by atoms with Crippen LogP contribution in [0.4, 0.5) is 0 Å². The van der Waals surface area contributed by atoms with Crippen LogP contribution in [0, 0.1) is 13.8 Å². The molecule has 1 unspecified atom stereocenters. The van der Waals surface area contributed by atoms with Gasteiger partial charge in [-0.25, -0.2) is 0 Å². The molecule has 1 atom stereocenters. The Morgan fingerprint density at radius 1 is 1.10 bits per heavy atom. The Morgan fingerprint density at radius 3 is 2.23 bits per heavy atom. The Labute approximate surface area is 192 Å². The van der Waals surface area contributed by atoms with Gasteiger partial charge in [0.05, 0.1) is 10.5 Å². The molecule has 0 saturated carbocycles. The van der Waals surface area contributed by atoms with E-state index in [2.05, 4.69) is 51.6 Å². The Hall–Kier alpha value is -1.91. The number of hydrogen-bond donors (Lipinski definition) is 1. The van der Waals surface area contributed by atoms with Crippen LogP contribution < -0.4 is 0 Å². The maximum Gasteiger partial charge on any atom is 0.263 e. The van der Waals surface area contributed by atoms with E-state index in [4.69, 9.17) is 0 Å². The monoisotopic (exact) mass is 441 g/mol. The number of carbonyl (C=O) groups is 1. The Bertz CT molecular complexity index is 923. The van der Waals surface area contributed by atoms with E-state index >= 15 is 0 Å². The second kappa shape index (κ2) is 10.1. The molecule has 0 bridgehead atoms. The van der Waals surface area contributed by atoms with E-state index in [1.54, 1.807) is 22.3 Å². The van der Waals surface area contributed by atoms with Crippen LogP contribution in [0.25, 0.3) is 0 Å². The lowest BCUT2D eigenvalue weighted by molar-refractivity contribution is 0.0780. The van der Waals surface area contributed by atoms with Crippen LogP contribution in [-0.2, 0) is 11.8 Å². The summed E-state index contributed by atoms with van der Waals surface area (Å²) in [6.45, 7) is 14.5. The van der Waals surface area contributed by atoms with E-state index in [0.717, 1.165) is 29.7 Å². The van der Waals surface area contributed by atoms with Gasteiger partial charge >= 0.3 is 0 Å². The Morgan fingerprint density at radius 2 is 1.74 bits per heavy atom. The molecule has 2 rings (SSSR count). The lowest BCUT2D eigenvalue weighted by Gasteiger charge is -2.32. The zero-order chi connectivity index (χ0) is 23.4. The minimum absolute atomic E-state index is 0.0759. The number of aryl methyl sites for hydroxylation is 3. The molecule has 0 aliphatic rings. The van der Waals surface area contributed by atoms with Crippen molar-refractivity contribution in [2.45, 2.75) is 77.7 Å². The highest BCUT2D eigenvalue weighted by Crippen LogP contribution is 2.44. The average Bonchev–Trinajstić information content (AvgIpc) is 3.15. The SMILES string of the molecule is C=CC(O)(CC)CCc1ccc(C(CC)(CC)c2cc(C)c(C(=O)N(C)C)s2)cc1C. The van der Waals surface area contributed by atoms with Crippen molar-refractivity contribution < 1.29 is 9.90 Å². The molecule has 2 aromatic rings. The third-order valence-electron chi connectivity index (χ3n) is 6.91. The predicted molar refractivity (Wildman–Crippen MR) is 133 cm³/mol. The van der Waals surface area contributed by atoms with Gasteiger partial charge in [0.1, 0.15) is 0 Å². The third kappa shape index (κ3) is 5.12. The molecule has 31 heavy (non-hydrogen) atoms. The molecular weight excluding hydrogens is 402 g/mol. The van der Waals surface area contributed by atoms with Gasteiger partial charge in [0, 0.05) is 24.4 Å². The summed E-state index contributed by atoms with van der Waals surface area (Å²) < 4.78 is 0. The fourth-order valence-corrected chi connectivity index (χ4v) is 5.88. The van der Waals surface area contributed by atoms with Crippen molar-refractivity contribution in [1.82, 2.24) is 4.90 Å². The normalized spacial score (nSPS) is 13.7. The zero-order valence-corrected chi connectivity index (χ0v) is 21.2. The van der Waals surface area contributed by atoms with Crippen molar-refractivity contribution >= 4 is 17.2 Å². The maximum absolute atomic E-state index is 12.6. The fraction of sp³-hybridized carbons (Fsp3) is 0.519. The fourth-order valence-electron chi connectivity index (χ4n) is 4.33. The van der Waals surface area contributed by atoms with E-state index in [1.165, 1.54) is 21.6 Å². The van der Waals surface area contributed by atoms with Crippen LogP contribution >= 0.6 is 11.3 Å².